The molecule has 0 spiro atoms. The van der Waals surface area contributed by atoms with Gasteiger partial charge in [-0.1, -0.05) is 5.76 Å². The quantitative estimate of drug-likeness (QED) is 0.197. The standard InChI is InChI=1S/C10H6F4O3/c1-17-7(16)3-6(15)4-2-5(11)9(13)10(14)8(4)12/h2-3,15H,1H3/p-1/b6-3-. The molecule has 0 fully saturated rings. The molecule has 0 aliphatic rings. The topological polar surface area (TPSA) is 49.4 Å². The summed E-state index contributed by atoms with van der Waals surface area (Å²) < 4.78 is 55.2. The first-order chi connectivity index (χ1) is 7.88. The van der Waals surface area contributed by atoms with Gasteiger partial charge in [0.1, 0.15) is 0 Å². The Hall–Kier alpha value is -2.05. The van der Waals surface area contributed by atoms with Gasteiger partial charge in [-0.05, 0) is 6.07 Å². The Morgan fingerprint density at radius 3 is 2.35 bits per heavy atom. The molecule has 1 aromatic rings. The predicted octanol–water partition coefficient (Wildman–Crippen LogP) is 1.12. The summed E-state index contributed by atoms with van der Waals surface area (Å²) in [5, 5.41) is 11.2. The van der Waals surface area contributed by atoms with E-state index in [0.29, 0.717) is 0 Å². The number of carbonyl (C=O) groups excluding carboxylic acids is 1. The molecule has 1 aromatic carbocycles. The molecule has 0 unspecified atom stereocenters. The molecule has 0 amide bonds. The number of hydrogen-bond donors (Lipinski definition) is 0. The van der Waals surface area contributed by atoms with E-state index in [1.165, 1.54) is 0 Å². The lowest BCUT2D eigenvalue weighted by Crippen LogP contribution is -2.11. The Morgan fingerprint density at radius 2 is 1.82 bits per heavy atom. The Bertz CT molecular complexity index is 497. The fraction of sp³-hybridized carbons (Fsp3) is 0.100. The molecule has 0 aliphatic carbocycles. The molecule has 0 saturated carbocycles. The van der Waals surface area contributed by atoms with Crippen molar-refractivity contribution in [1.29, 1.82) is 0 Å². The molecule has 0 N–H and O–H groups in total. The minimum atomic E-state index is -2.12. The highest BCUT2D eigenvalue weighted by atomic mass is 19.2. The van der Waals surface area contributed by atoms with Crippen LogP contribution in [0.5, 0.6) is 0 Å². The van der Waals surface area contributed by atoms with Crippen molar-refractivity contribution in [3.8, 4) is 0 Å². The molecule has 0 bridgehead atoms. The maximum absolute atomic E-state index is 13.1. The van der Waals surface area contributed by atoms with E-state index >= 15 is 0 Å². The number of hydrogen-bond acceptors (Lipinski definition) is 3. The van der Waals surface area contributed by atoms with Crippen molar-refractivity contribution in [3.63, 3.8) is 0 Å². The number of esters is 1. The van der Waals surface area contributed by atoms with Gasteiger partial charge in [0.05, 0.1) is 7.11 Å². The van der Waals surface area contributed by atoms with E-state index in [9.17, 15) is 27.5 Å². The van der Waals surface area contributed by atoms with Gasteiger partial charge in [-0.3, -0.25) is 0 Å². The summed E-state index contributed by atoms with van der Waals surface area (Å²) in [6.07, 6.45) is 0.287. The summed E-state index contributed by atoms with van der Waals surface area (Å²) in [6, 6.07) is 0.162. The van der Waals surface area contributed by atoms with Crippen LogP contribution in [0.15, 0.2) is 12.1 Å². The smallest absolute Gasteiger partial charge is 0.329 e. The first kappa shape index (κ1) is 13.0. The summed E-state index contributed by atoms with van der Waals surface area (Å²) in [7, 11) is 0.953. The number of halogens is 4. The third kappa shape index (κ3) is 2.55. The second kappa shape index (κ2) is 4.86. The Labute approximate surface area is 92.9 Å². The molecular formula is C10H5F4O3-. The van der Waals surface area contributed by atoms with Gasteiger partial charge in [0.15, 0.2) is 23.3 Å². The lowest BCUT2D eigenvalue weighted by atomic mass is 10.1. The zero-order valence-electron chi connectivity index (χ0n) is 8.39. The van der Waals surface area contributed by atoms with Crippen LogP contribution >= 0.6 is 0 Å². The van der Waals surface area contributed by atoms with Gasteiger partial charge in [0.25, 0.3) is 0 Å². The first-order valence-electron chi connectivity index (χ1n) is 4.18. The summed E-state index contributed by atoms with van der Waals surface area (Å²) >= 11 is 0. The van der Waals surface area contributed by atoms with Gasteiger partial charge in [-0.25, -0.2) is 22.4 Å². The van der Waals surface area contributed by atoms with Gasteiger partial charge < -0.3 is 9.84 Å². The lowest BCUT2D eigenvalue weighted by molar-refractivity contribution is -0.244. The van der Waals surface area contributed by atoms with E-state index in [-0.39, 0.29) is 12.1 Å². The number of rotatable bonds is 2. The number of methoxy groups -OCH3 is 1. The Morgan fingerprint density at radius 1 is 1.24 bits per heavy atom. The van der Waals surface area contributed by atoms with Gasteiger partial charge in [-0.15, -0.1) is 0 Å². The van der Waals surface area contributed by atoms with Crippen molar-refractivity contribution in [1.82, 2.24) is 0 Å². The second-order valence-electron chi connectivity index (χ2n) is 2.88. The molecule has 0 saturated heterocycles. The van der Waals surface area contributed by atoms with E-state index in [1.54, 1.807) is 0 Å². The summed E-state index contributed by atoms with van der Waals surface area (Å²) in [5.74, 6) is -10.2. The van der Waals surface area contributed by atoms with Crippen LogP contribution in [0.3, 0.4) is 0 Å². The third-order valence-electron chi connectivity index (χ3n) is 1.82. The van der Waals surface area contributed by atoms with E-state index in [1.807, 2.05) is 0 Å². The predicted molar refractivity (Wildman–Crippen MR) is 46.3 cm³/mol. The van der Waals surface area contributed by atoms with Crippen LogP contribution in [0.25, 0.3) is 5.76 Å². The van der Waals surface area contributed by atoms with Crippen molar-refractivity contribution >= 4 is 11.7 Å². The fourth-order valence-electron chi connectivity index (χ4n) is 0.996. The number of ether oxygens (including phenoxy) is 1. The number of carbonyl (C=O) groups is 1. The van der Waals surface area contributed by atoms with Crippen LogP contribution in [0.1, 0.15) is 5.56 Å². The fourth-order valence-corrected chi connectivity index (χ4v) is 0.996. The zero-order valence-corrected chi connectivity index (χ0v) is 8.39. The Kier molecular flexibility index (Phi) is 3.72. The zero-order chi connectivity index (χ0) is 13.2. The maximum atomic E-state index is 13.1. The number of benzene rings is 1. The third-order valence-corrected chi connectivity index (χ3v) is 1.82. The second-order valence-corrected chi connectivity index (χ2v) is 2.88. The lowest BCUT2D eigenvalue weighted by Gasteiger charge is -2.13. The van der Waals surface area contributed by atoms with Crippen molar-refractivity contribution in [2.75, 3.05) is 7.11 Å². The normalized spacial score (nSPS) is 11.5. The largest absolute Gasteiger partial charge is 0.872 e. The monoisotopic (exact) mass is 249 g/mol. The molecule has 0 radical (unpaired) electrons. The minimum absolute atomic E-state index is 0.162. The first-order valence-corrected chi connectivity index (χ1v) is 4.18. The summed E-state index contributed by atoms with van der Waals surface area (Å²) in [5.41, 5.74) is -1.09. The van der Waals surface area contributed by atoms with Crippen LogP contribution in [-0.2, 0) is 9.53 Å². The molecule has 1 rings (SSSR count). The molecule has 92 valence electrons. The highest BCUT2D eigenvalue weighted by Gasteiger charge is 2.18. The Balaban J connectivity index is 3.33. The molecular weight excluding hydrogens is 244 g/mol. The van der Waals surface area contributed by atoms with E-state index < -0.39 is 40.6 Å². The SMILES string of the molecule is COC(=O)/C=C(\[O-])c1cc(F)c(F)c(F)c1F. The maximum Gasteiger partial charge on any atom is 0.329 e. The summed E-state index contributed by atoms with van der Waals surface area (Å²) in [4.78, 5) is 10.7. The van der Waals surface area contributed by atoms with Crippen molar-refractivity contribution in [2.45, 2.75) is 0 Å². The van der Waals surface area contributed by atoms with Gasteiger partial charge in [-0.2, -0.15) is 0 Å². The molecule has 0 aromatic heterocycles. The average Bonchev–Trinajstić information content (AvgIpc) is 2.30. The molecule has 0 atom stereocenters. The highest BCUT2D eigenvalue weighted by Crippen LogP contribution is 2.22. The molecule has 0 aliphatic heterocycles. The van der Waals surface area contributed by atoms with Crippen molar-refractivity contribution < 1.29 is 32.2 Å². The van der Waals surface area contributed by atoms with Crippen LogP contribution in [0.4, 0.5) is 17.6 Å². The van der Waals surface area contributed by atoms with Crippen molar-refractivity contribution in [2.24, 2.45) is 0 Å². The molecule has 3 nitrogen and oxygen atoms in total. The van der Waals surface area contributed by atoms with Crippen molar-refractivity contribution in [3.05, 3.63) is 41.0 Å². The van der Waals surface area contributed by atoms with Crippen LogP contribution < -0.4 is 5.11 Å². The van der Waals surface area contributed by atoms with E-state index in [2.05, 4.69) is 4.74 Å². The van der Waals surface area contributed by atoms with Crippen LogP contribution in [-0.4, -0.2) is 13.1 Å². The van der Waals surface area contributed by atoms with E-state index in [0.717, 1.165) is 7.11 Å². The van der Waals surface area contributed by atoms with E-state index in [4.69, 9.17) is 0 Å². The van der Waals surface area contributed by atoms with Gasteiger partial charge >= 0.3 is 5.97 Å². The minimum Gasteiger partial charge on any atom is -0.872 e. The van der Waals surface area contributed by atoms with Gasteiger partial charge in [0, 0.05) is 11.6 Å². The molecule has 0 heterocycles. The molecule has 17 heavy (non-hydrogen) atoms. The van der Waals surface area contributed by atoms with Gasteiger partial charge in [0.2, 0.25) is 0 Å². The van der Waals surface area contributed by atoms with Crippen LogP contribution in [0, 0.1) is 23.3 Å². The van der Waals surface area contributed by atoms with Crippen LogP contribution in [0.2, 0.25) is 0 Å². The summed E-state index contributed by atoms with van der Waals surface area (Å²) in [6.45, 7) is 0. The average molecular weight is 249 g/mol. The molecule has 7 heteroatoms. The highest BCUT2D eigenvalue weighted by molar-refractivity contribution is 5.88.